The van der Waals surface area contributed by atoms with Crippen molar-refractivity contribution in [3.05, 3.63) is 0 Å². The SMILES string of the molecule is CC1CCC(N2CC3CCCN3CC2C)CC1C. The van der Waals surface area contributed by atoms with Gasteiger partial charge in [-0.15, -0.1) is 0 Å². The zero-order valence-electron chi connectivity index (χ0n) is 12.4. The summed E-state index contributed by atoms with van der Waals surface area (Å²) in [5.41, 5.74) is 0. The zero-order valence-corrected chi connectivity index (χ0v) is 12.4. The van der Waals surface area contributed by atoms with Gasteiger partial charge < -0.3 is 0 Å². The first kappa shape index (κ1) is 12.9. The van der Waals surface area contributed by atoms with E-state index in [-0.39, 0.29) is 0 Å². The molecule has 2 saturated heterocycles. The van der Waals surface area contributed by atoms with Crippen molar-refractivity contribution in [1.29, 1.82) is 0 Å². The van der Waals surface area contributed by atoms with Crippen LogP contribution in [-0.2, 0) is 0 Å². The molecular formula is C16H30N2. The van der Waals surface area contributed by atoms with Gasteiger partial charge in [-0.25, -0.2) is 0 Å². The van der Waals surface area contributed by atoms with Crippen LogP contribution in [-0.4, -0.2) is 47.6 Å². The molecule has 2 heteroatoms. The lowest BCUT2D eigenvalue weighted by Crippen LogP contribution is -2.58. The predicted octanol–water partition coefficient (Wildman–Crippen LogP) is 2.98. The number of fused-ring (bicyclic) bond motifs is 1. The highest BCUT2D eigenvalue weighted by atomic mass is 15.3. The van der Waals surface area contributed by atoms with E-state index in [0.717, 1.165) is 30.0 Å². The standard InChI is InChI=1S/C16H30N2/c1-12-6-7-15(9-13(12)2)18-11-16-5-4-8-17(16)10-14(18)3/h12-16H,4-11H2,1-3H3. The monoisotopic (exact) mass is 250 g/mol. The maximum atomic E-state index is 2.87. The number of hydrogen-bond acceptors (Lipinski definition) is 2. The topological polar surface area (TPSA) is 6.48 Å². The minimum absolute atomic E-state index is 0.782. The minimum Gasteiger partial charge on any atom is -0.298 e. The van der Waals surface area contributed by atoms with Gasteiger partial charge in [0.25, 0.3) is 0 Å². The lowest BCUT2D eigenvalue weighted by molar-refractivity contribution is 0.00261. The van der Waals surface area contributed by atoms with E-state index in [1.165, 1.54) is 51.7 Å². The molecule has 2 aliphatic heterocycles. The molecule has 5 unspecified atom stereocenters. The number of nitrogens with zero attached hydrogens (tertiary/aromatic N) is 2. The maximum Gasteiger partial charge on any atom is 0.0224 e. The molecule has 1 aliphatic carbocycles. The summed E-state index contributed by atoms with van der Waals surface area (Å²) >= 11 is 0. The largest absolute Gasteiger partial charge is 0.298 e. The van der Waals surface area contributed by atoms with Crippen LogP contribution in [0.1, 0.15) is 52.9 Å². The molecule has 3 aliphatic rings. The molecule has 0 aromatic heterocycles. The van der Waals surface area contributed by atoms with Gasteiger partial charge in [0, 0.05) is 31.2 Å². The molecule has 18 heavy (non-hydrogen) atoms. The van der Waals surface area contributed by atoms with E-state index in [9.17, 15) is 0 Å². The summed E-state index contributed by atoms with van der Waals surface area (Å²) in [7, 11) is 0. The van der Waals surface area contributed by atoms with E-state index in [0.29, 0.717) is 0 Å². The van der Waals surface area contributed by atoms with Crippen molar-refractivity contribution in [3.63, 3.8) is 0 Å². The second-order valence-corrected chi connectivity index (χ2v) is 7.26. The number of rotatable bonds is 1. The fourth-order valence-corrected chi connectivity index (χ4v) is 4.54. The first-order valence-corrected chi connectivity index (χ1v) is 8.15. The summed E-state index contributed by atoms with van der Waals surface area (Å²) in [5, 5.41) is 0. The Morgan fingerprint density at radius 2 is 1.67 bits per heavy atom. The highest BCUT2D eigenvalue weighted by Gasteiger charge is 2.38. The normalized spacial score (nSPS) is 47.2. The summed E-state index contributed by atoms with van der Waals surface area (Å²) in [6.07, 6.45) is 7.22. The Hall–Kier alpha value is -0.0800. The second kappa shape index (κ2) is 5.13. The number of piperazine rings is 1. The highest BCUT2D eigenvalue weighted by molar-refractivity contribution is 4.94. The summed E-state index contributed by atoms with van der Waals surface area (Å²) in [4.78, 5) is 5.62. The molecule has 3 rings (SSSR count). The van der Waals surface area contributed by atoms with Crippen LogP contribution < -0.4 is 0 Å². The maximum absolute atomic E-state index is 2.87. The van der Waals surface area contributed by atoms with Crippen LogP contribution in [0.25, 0.3) is 0 Å². The van der Waals surface area contributed by atoms with Crippen molar-refractivity contribution in [1.82, 2.24) is 9.80 Å². The average molecular weight is 250 g/mol. The third-order valence-corrected chi connectivity index (χ3v) is 6.03. The van der Waals surface area contributed by atoms with Gasteiger partial charge in [-0.05, 0) is 57.4 Å². The van der Waals surface area contributed by atoms with Crippen LogP contribution in [0.2, 0.25) is 0 Å². The Balaban J connectivity index is 1.64. The first-order chi connectivity index (χ1) is 8.65. The molecule has 0 aromatic rings. The summed E-state index contributed by atoms with van der Waals surface area (Å²) in [6, 6.07) is 2.55. The van der Waals surface area contributed by atoms with Crippen molar-refractivity contribution < 1.29 is 0 Å². The highest BCUT2D eigenvalue weighted by Crippen LogP contribution is 2.35. The fraction of sp³-hybridized carbons (Fsp3) is 1.00. The second-order valence-electron chi connectivity index (χ2n) is 7.26. The van der Waals surface area contributed by atoms with E-state index < -0.39 is 0 Å². The lowest BCUT2D eigenvalue weighted by atomic mass is 9.78. The average Bonchev–Trinajstić information content (AvgIpc) is 2.79. The Morgan fingerprint density at radius 3 is 2.44 bits per heavy atom. The molecule has 0 radical (unpaired) electrons. The predicted molar refractivity (Wildman–Crippen MR) is 76.7 cm³/mol. The van der Waals surface area contributed by atoms with Crippen LogP contribution in [0.5, 0.6) is 0 Å². The molecule has 0 amide bonds. The molecule has 0 aromatic carbocycles. The van der Waals surface area contributed by atoms with Crippen molar-refractivity contribution in [2.24, 2.45) is 11.8 Å². The van der Waals surface area contributed by atoms with Gasteiger partial charge in [0.1, 0.15) is 0 Å². The van der Waals surface area contributed by atoms with Crippen LogP contribution >= 0.6 is 0 Å². The molecule has 1 saturated carbocycles. The summed E-state index contributed by atoms with van der Waals surface area (Å²) in [5.74, 6) is 1.88. The zero-order chi connectivity index (χ0) is 12.7. The van der Waals surface area contributed by atoms with Gasteiger partial charge in [0.05, 0.1) is 0 Å². The van der Waals surface area contributed by atoms with E-state index in [2.05, 4.69) is 30.6 Å². The molecule has 104 valence electrons. The van der Waals surface area contributed by atoms with Gasteiger partial charge in [0.2, 0.25) is 0 Å². The van der Waals surface area contributed by atoms with Gasteiger partial charge in [-0.3, -0.25) is 9.80 Å². The number of hydrogen-bond donors (Lipinski definition) is 0. The molecule has 2 nitrogen and oxygen atoms in total. The Labute approximate surface area is 113 Å². The van der Waals surface area contributed by atoms with Crippen molar-refractivity contribution in [2.75, 3.05) is 19.6 Å². The van der Waals surface area contributed by atoms with Crippen molar-refractivity contribution in [3.8, 4) is 0 Å². The van der Waals surface area contributed by atoms with Crippen LogP contribution in [0.3, 0.4) is 0 Å². The van der Waals surface area contributed by atoms with Crippen LogP contribution in [0, 0.1) is 11.8 Å². The Bertz CT molecular complexity index is 291. The van der Waals surface area contributed by atoms with E-state index >= 15 is 0 Å². The lowest BCUT2D eigenvalue weighted by Gasteiger charge is -2.48. The van der Waals surface area contributed by atoms with Crippen molar-refractivity contribution >= 4 is 0 Å². The Morgan fingerprint density at radius 1 is 0.833 bits per heavy atom. The van der Waals surface area contributed by atoms with E-state index in [4.69, 9.17) is 0 Å². The van der Waals surface area contributed by atoms with Gasteiger partial charge in [-0.1, -0.05) is 13.8 Å². The first-order valence-electron chi connectivity index (χ1n) is 8.15. The molecule has 5 atom stereocenters. The Kier molecular flexibility index (Phi) is 3.68. The molecular weight excluding hydrogens is 220 g/mol. The van der Waals surface area contributed by atoms with Crippen LogP contribution in [0.15, 0.2) is 0 Å². The van der Waals surface area contributed by atoms with Gasteiger partial charge in [-0.2, -0.15) is 0 Å². The molecule has 2 heterocycles. The smallest absolute Gasteiger partial charge is 0.0224 e. The molecule has 0 spiro atoms. The summed E-state index contributed by atoms with van der Waals surface area (Å²) in [6.45, 7) is 11.4. The van der Waals surface area contributed by atoms with E-state index in [1.807, 2.05) is 0 Å². The van der Waals surface area contributed by atoms with Gasteiger partial charge in [0.15, 0.2) is 0 Å². The third kappa shape index (κ3) is 2.34. The fourth-order valence-electron chi connectivity index (χ4n) is 4.54. The molecule has 0 N–H and O–H groups in total. The van der Waals surface area contributed by atoms with E-state index in [1.54, 1.807) is 0 Å². The molecule has 3 fully saturated rings. The van der Waals surface area contributed by atoms with Crippen molar-refractivity contribution in [2.45, 2.75) is 71.0 Å². The summed E-state index contributed by atoms with van der Waals surface area (Å²) < 4.78 is 0. The van der Waals surface area contributed by atoms with Gasteiger partial charge >= 0.3 is 0 Å². The van der Waals surface area contributed by atoms with Crippen LogP contribution in [0.4, 0.5) is 0 Å². The molecule has 0 bridgehead atoms. The minimum atomic E-state index is 0.782. The third-order valence-electron chi connectivity index (χ3n) is 6.03. The quantitative estimate of drug-likeness (QED) is 0.706.